The molecule has 9 nitrogen and oxygen atoms in total. The van der Waals surface area contributed by atoms with Gasteiger partial charge < -0.3 is 18.5 Å². The third-order valence-electron chi connectivity index (χ3n) is 6.03. The molecule has 1 fully saturated rings. The second-order valence-corrected chi connectivity index (χ2v) is 8.24. The van der Waals surface area contributed by atoms with Gasteiger partial charge in [-0.05, 0) is 24.3 Å². The summed E-state index contributed by atoms with van der Waals surface area (Å²) in [5.74, 6) is -1.10. The molecule has 5 rings (SSSR count). The van der Waals surface area contributed by atoms with E-state index in [1.807, 2.05) is 11.0 Å². The van der Waals surface area contributed by atoms with Crippen molar-refractivity contribution in [1.82, 2.24) is 9.80 Å². The van der Waals surface area contributed by atoms with E-state index in [0.717, 1.165) is 0 Å². The van der Waals surface area contributed by atoms with Gasteiger partial charge in [0, 0.05) is 43.5 Å². The monoisotopic (exact) mass is 474 g/mol. The average Bonchev–Trinajstić information content (AvgIpc) is 2.87. The molecule has 0 unspecified atom stereocenters. The first-order valence-corrected chi connectivity index (χ1v) is 11.2. The number of rotatable bonds is 5. The molecule has 9 heteroatoms. The summed E-state index contributed by atoms with van der Waals surface area (Å²) in [7, 11) is 0. The Morgan fingerprint density at radius 1 is 0.771 bits per heavy atom. The van der Waals surface area contributed by atoms with Crippen LogP contribution in [0.4, 0.5) is 0 Å². The van der Waals surface area contributed by atoms with Gasteiger partial charge in [-0.1, -0.05) is 36.4 Å². The number of para-hydroxylation sites is 2. The van der Waals surface area contributed by atoms with Crippen LogP contribution >= 0.6 is 0 Å². The molecule has 0 atom stereocenters. The molecule has 0 radical (unpaired) electrons. The lowest BCUT2D eigenvalue weighted by atomic mass is 10.1. The van der Waals surface area contributed by atoms with Crippen LogP contribution in [0.1, 0.15) is 20.7 Å². The highest BCUT2D eigenvalue weighted by Crippen LogP contribution is 2.15. The van der Waals surface area contributed by atoms with Crippen molar-refractivity contribution in [2.75, 3.05) is 39.3 Å². The van der Waals surface area contributed by atoms with Crippen LogP contribution in [-0.2, 0) is 4.74 Å². The maximum absolute atomic E-state index is 12.9. The molecule has 2 aromatic carbocycles. The number of amides is 1. The summed E-state index contributed by atoms with van der Waals surface area (Å²) in [5, 5.41) is 1.33. The summed E-state index contributed by atoms with van der Waals surface area (Å²) in [5.41, 5.74) is -0.674. The van der Waals surface area contributed by atoms with E-state index in [-0.39, 0.29) is 23.6 Å². The van der Waals surface area contributed by atoms with Crippen LogP contribution in [0.25, 0.3) is 21.9 Å². The Kier molecular flexibility index (Phi) is 6.15. The summed E-state index contributed by atoms with van der Waals surface area (Å²) >= 11 is 0. The van der Waals surface area contributed by atoms with Crippen molar-refractivity contribution in [3.8, 4) is 0 Å². The molecule has 1 aliphatic rings. The van der Waals surface area contributed by atoms with E-state index < -0.39 is 17.2 Å². The quantitative estimate of drug-likeness (QED) is 0.321. The van der Waals surface area contributed by atoms with Gasteiger partial charge >= 0.3 is 17.2 Å². The third kappa shape index (κ3) is 4.71. The molecule has 4 aromatic rings. The number of nitrogens with zero attached hydrogens (tertiary/aromatic N) is 2. The first-order chi connectivity index (χ1) is 17.0. The van der Waals surface area contributed by atoms with Crippen LogP contribution in [0.15, 0.2) is 79.1 Å². The van der Waals surface area contributed by atoms with E-state index in [0.29, 0.717) is 54.7 Å². The lowest BCUT2D eigenvalue weighted by Gasteiger charge is -2.34. The number of ether oxygens (including phenoxy) is 1. The molecule has 1 saturated heterocycles. The van der Waals surface area contributed by atoms with Crippen LogP contribution in [0.3, 0.4) is 0 Å². The van der Waals surface area contributed by atoms with E-state index in [9.17, 15) is 19.2 Å². The average molecular weight is 474 g/mol. The van der Waals surface area contributed by atoms with Crippen molar-refractivity contribution in [3.63, 3.8) is 0 Å². The summed E-state index contributed by atoms with van der Waals surface area (Å²) in [4.78, 5) is 53.3. The van der Waals surface area contributed by atoms with Crippen molar-refractivity contribution in [2.45, 2.75) is 0 Å². The van der Waals surface area contributed by atoms with Gasteiger partial charge in [0.15, 0.2) is 0 Å². The summed E-state index contributed by atoms with van der Waals surface area (Å²) < 4.78 is 15.7. The largest absolute Gasteiger partial charge is 0.461 e. The van der Waals surface area contributed by atoms with E-state index in [4.69, 9.17) is 13.6 Å². The first-order valence-electron chi connectivity index (χ1n) is 11.2. The molecule has 2 aromatic heterocycles. The Morgan fingerprint density at radius 2 is 1.31 bits per heavy atom. The Morgan fingerprint density at radius 3 is 1.94 bits per heavy atom. The highest BCUT2D eigenvalue weighted by Gasteiger charge is 2.25. The lowest BCUT2D eigenvalue weighted by molar-refractivity contribution is 0.0408. The Balaban J connectivity index is 1.15. The minimum absolute atomic E-state index is 0.0142. The van der Waals surface area contributed by atoms with Crippen LogP contribution in [0.5, 0.6) is 0 Å². The van der Waals surface area contributed by atoms with Crippen LogP contribution in [0.2, 0.25) is 0 Å². The predicted molar refractivity (Wildman–Crippen MR) is 128 cm³/mol. The summed E-state index contributed by atoms with van der Waals surface area (Å²) in [6.45, 7) is 2.50. The molecule has 0 spiro atoms. The number of carbonyl (C=O) groups is 2. The molecule has 1 amide bonds. The molecule has 178 valence electrons. The van der Waals surface area contributed by atoms with Gasteiger partial charge in [-0.2, -0.15) is 0 Å². The molecule has 0 N–H and O–H groups in total. The minimum Gasteiger partial charge on any atom is -0.461 e. The van der Waals surface area contributed by atoms with Gasteiger partial charge in [0.1, 0.15) is 28.9 Å². The SMILES string of the molecule is O=C(OCCN1CCN(C(=O)c2cc3ccccc3oc2=O)CC1)c1cc2ccccc2oc1=O. The molecule has 1 aliphatic heterocycles. The molecule has 0 aliphatic carbocycles. The number of esters is 1. The van der Waals surface area contributed by atoms with E-state index >= 15 is 0 Å². The molecule has 3 heterocycles. The zero-order chi connectivity index (χ0) is 24.4. The van der Waals surface area contributed by atoms with E-state index in [1.165, 1.54) is 6.07 Å². The highest BCUT2D eigenvalue weighted by atomic mass is 16.5. The van der Waals surface area contributed by atoms with Crippen molar-refractivity contribution in [2.24, 2.45) is 0 Å². The van der Waals surface area contributed by atoms with Gasteiger partial charge in [-0.25, -0.2) is 14.4 Å². The van der Waals surface area contributed by atoms with Crippen LogP contribution in [0, 0.1) is 0 Å². The Hall–Kier alpha value is -4.24. The van der Waals surface area contributed by atoms with Crippen molar-refractivity contribution >= 4 is 33.8 Å². The second kappa shape index (κ2) is 9.55. The molecular weight excluding hydrogens is 452 g/mol. The standard InChI is InChI=1S/C26H22N2O7/c29-23(19-15-17-5-1-3-7-21(17)34-25(19)31)28-11-9-27(10-12-28)13-14-33-24(30)20-16-18-6-2-4-8-22(18)35-26(20)32/h1-8,15-16H,9-14H2. The molecule has 0 saturated carbocycles. The normalized spacial score (nSPS) is 14.3. The summed E-state index contributed by atoms with van der Waals surface area (Å²) in [6, 6.07) is 17.0. The fraction of sp³-hybridized carbons (Fsp3) is 0.231. The zero-order valence-electron chi connectivity index (χ0n) is 18.8. The van der Waals surface area contributed by atoms with Crippen molar-refractivity contribution in [1.29, 1.82) is 0 Å². The maximum atomic E-state index is 12.9. The minimum atomic E-state index is -0.737. The van der Waals surface area contributed by atoms with Gasteiger partial charge in [-0.15, -0.1) is 0 Å². The zero-order valence-corrected chi connectivity index (χ0v) is 18.8. The van der Waals surface area contributed by atoms with Crippen LogP contribution in [-0.4, -0.2) is 61.0 Å². The number of hydrogen-bond acceptors (Lipinski definition) is 8. The number of benzene rings is 2. The number of hydrogen-bond donors (Lipinski definition) is 0. The maximum Gasteiger partial charge on any atom is 0.351 e. The van der Waals surface area contributed by atoms with Crippen LogP contribution < -0.4 is 11.3 Å². The number of fused-ring (bicyclic) bond motifs is 2. The van der Waals surface area contributed by atoms with E-state index in [1.54, 1.807) is 53.4 Å². The van der Waals surface area contributed by atoms with Crippen molar-refractivity contribution in [3.05, 3.63) is 92.6 Å². The van der Waals surface area contributed by atoms with Crippen molar-refractivity contribution < 1.29 is 23.2 Å². The second-order valence-electron chi connectivity index (χ2n) is 8.24. The summed E-state index contributed by atoms with van der Waals surface area (Å²) in [6.07, 6.45) is 0. The first kappa shape index (κ1) is 22.5. The Labute approximate surface area is 199 Å². The van der Waals surface area contributed by atoms with Gasteiger partial charge in [0.25, 0.3) is 5.91 Å². The van der Waals surface area contributed by atoms with Gasteiger partial charge in [0.2, 0.25) is 0 Å². The molecule has 0 bridgehead atoms. The molecule has 35 heavy (non-hydrogen) atoms. The number of piperazine rings is 1. The van der Waals surface area contributed by atoms with E-state index in [2.05, 4.69) is 0 Å². The van der Waals surface area contributed by atoms with Gasteiger partial charge in [0.05, 0.1) is 0 Å². The number of carbonyl (C=O) groups excluding carboxylic acids is 2. The smallest absolute Gasteiger partial charge is 0.351 e. The third-order valence-corrected chi connectivity index (χ3v) is 6.03. The fourth-order valence-electron chi connectivity index (χ4n) is 4.11. The predicted octanol–water partition coefficient (Wildman–Crippen LogP) is 2.51. The fourth-order valence-corrected chi connectivity index (χ4v) is 4.11. The lowest BCUT2D eigenvalue weighted by Crippen LogP contribution is -2.50. The highest BCUT2D eigenvalue weighted by molar-refractivity contribution is 5.96. The molecular formula is C26H22N2O7. The topological polar surface area (TPSA) is 110 Å². The van der Waals surface area contributed by atoms with Gasteiger partial charge in [-0.3, -0.25) is 9.69 Å². The Bertz CT molecular complexity index is 1530.